The summed E-state index contributed by atoms with van der Waals surface area (Å²) in [5, 5.41) is 12.3. The van der Waals surface area contributed by atoms with Gasteiger partial charge in [-0.25, -0.2) is 32.7 Å². The Morgan fingerprint density at radius 2 is 1.98 bits per heavy atom. The molecule has 41 heavy (non-hydrogen) atoms. The van der Waals surface area contributed by atoms with E-state index in [1.807, 2.05) is 12.3 Å². The van der Waals surface area contributed by atoms with Crippen molar-refractivity contribution in [1.82, 2.24) is 15.0 Å². The average molecular weight is 624 g/mol. The van der Waals surface area contributed by atoms with Crippen molar-refractivity contribution in [3.63, 3.8) is 0 Å². The van der Waals surface area contributed by atoms with E-state index in [2.05, 4.69) is 33.9 Å². The molecule has 220 valence electrons. The van der Waals surface area contributed by atoms with Crippen molar-refractivity contribution in [1.29, 1.82) is 0 Å². The summed E-state index contributed by atoms with van der Waals surface area (Å²) in [5.41, 5.74) is 0.127. The fourth-order valence-electron chi connectivity index (χ4n) is 3.06. The Morgan fingerprint density at radius 1 is 1.24 bits per heavy atom. The first kappa shape index (κ1) is 32.2. The fourth-order valence-corrected chi connectivity index (χ4v) is 5.23. The lowest BCUT2D eigenvalue weighted by molar-refractivity contribution is -0.148. The van der Waals surface area contributed by atoms with Gasteiger partial charge >= 0.3 is 5.97 Å². The number of nitrogens with one attached hydrogen (secondary N) is 2. The first-order valence-corrected chi connectivity index (χ1v) is 15.8. The second kappa shape index (κ2) is 14.5. The monoisotopic (exact) mass is 623 g/mol. The summed E-state index contributed by atoms with van der Waals surface area (Å²) >= 11 is 3.30. The third-order valence-corrected chi connectivity index (χ3v) is 8.24. The number of thiazole rings is 1. The minimum Gasteiger partial charge on any atom is -0.479 e. The zero-order valence-corrected chi connectivity index (χ0v) is 25.6. The van der Waals surface area contributed by atoms with Crippen molar-refractivity contribution >= 4 is 51.7 Å². The highest BCUT2D eigenvalue weighted by atomic mass is 32.2. The number of carboxylic acids is 1. The molecule has 3 N–H and O–H groups in total. The first-order chi connectivity index (χ1) is 19.4. The van der Waals surface area contributed by atoms with E-state index in [-0.39, 0.29) is 16.7 Å². The topological polar surface area (TPSA) is 130 Å². The molecule has 1 unspecified atom stereocenters. The van der Waals surface area contributed by atoms with Crippen LogP contribution in [0, 0.1) is 5.82 Å². The molecule has 0 aliphatic rings. The van der Waals surface area contributed by atoms with Gasteiger partial charge in [0.05, 0.1) is 33.2 Å². The standard InChI is InChI=1S/C23H24FN5O2S3.C4H7FO2/c1-14(2)22-28-20(21(33-22)17-8-9-25-23(27-17)26-10-12-32-3)15-6-7-16(24)18(13-15)29-34(30)19-5-4-11-31-19;1-4(2,5)3(6)7/h4-9,11,13-14,29H,10,12H2,1-3H3,(H,25,26,27);1-2H3,(H,6,7). The van der Waals surface area contributed by atoms with Crippen molar-refractivity contribution < 1.29 is 27.3 Å². The Morgan fingerprint density at radius 3 is 2.59 bits per heavy atom. The third-order valence-electron chi connectivity index (χ3n) is 5.24. The van der Waals surface area contributed by atoms with Gasteiger partial charge in [-0.05, 0) is 56.5 Å². The number of halogens is 2. The number of hydrogen-bond acceptors (Lipinski definition) is 9. The molecule has 14 heteroatoms. The Hall–Kier alpha value is -3.36. The lowest BCUT2D eigenvalue weighted by Gasteiger charge is -2.09. The smallest absolute Gasteiger partial charge is 0.340 e. The number of thioether (sulfide) groups is 1. The number of carbonyl (C=O) groups is 1. The lowest BCUT2D eigenvalue weighted by Crippen LogP contribution is -2.24. The number of benzene rings is 1. The van der Waals surface area contributed by atoms with E-state index in [9.17, 15) is 17.8 Å². The molecule has 9 nitrogen and oxygen atoms in total. The van der Waals surface area contributed by atoms with Crippen LogP contribution in [0.1, 0.15) is 38.6 Å². The van der Waals surface area contributed by atoms with Gasteiger partial charge in [0, 0.05) is 30.0 Å². The summed E-state index contributed by atoms with van der Waals surface area (Å²) in [6.45, 7) is 6.90. The number of anilines is 2. The van der Waals surface area contributed by atoms with Crippen LogP contribution in [0.3, 0.4) is 0 Å². The van der Waals surface area contributed by atoms with Crippen molar-refractivity contribution in [3.05, 3.63) is 59.7 Å². The van der Waals surface area contributed by atoms with E-state index >= 15 is 0 Å². The summed E-state index contributed by atoms with van der Waals surface area (Å²) in [7, 11) is -1.73. The molecule has 3 heterocycles. The molecule has 0 fully saturated rings. The molecule has 0 radical (unpaired) electrons. The van der Waals surface area contributed by atoms with E-state index in [0.717, 1.165) is 41.7 Å². The van der Waals surface area contributed by atoms with E-state index in [1.165, 1.54) is 12.3 Å². The van der Waals surface area contributed by atoms with Crippen LogP contribution < -0.4 is 10.0 Å². The quantitative estimate of drug-likeness (QED) is 0.154. The van der Waals surface area contributed by atoms with Gasteiger partial charge in [0.15, 0.2) is 11.0 Å². The molecule has 4 rings (SSSR count). The highest BCUT2D eigenvalue weighted by Crippen LogP contribution is 2.39. The van der Waals surface area contributed by atoms with Crippen LogP contribution in [-0.4, -0.2) is 54.5 Å². The van der Waals surface area contributed by atoms with Gasteiger partial charge < -0.3 is 14.8 Å². The van der Waals surface area contributed by atoms with Gasteiger partial charge in [0.25, 0.3) is 0 Å². The molecule has 0 aliphatic carbocycles. The molecule has 0 bridgehead atoms. The van der Waals surface area contributed by atoms with Gasteiger partial charge in [-0.15, -0.1) is 11.3 Å². The number of rotatable bonds is 11. The zero-order valence-electron chi connectivity index (χ0n) is 23.1. The Balaban J connectivity index is 0.000000587. The average Bonchev–Trinajstić information content (AvgIpc) is 3.61. The fraction of sp³-hybridized carbons (Fsp3) is 0.333. The van der Waals surface area contributed by atoms with Crippen molar-refractivity contribution in [2.45, 2.75) is 44.4 Å². The molecule has 1 atom stereocenters. The summed E-state index contributed by atoms with van der Waals surface area (Å²) in [5.74, 6) is -0.239. The highest BCUT2D eigenvalue weighted by molar-refractivity contribution is 7.98. The maximum absolute atomic E-state index is 14.6. The molecule has 0 aliphatic heterocycles. The minimum absolute atomic E-state index is 0.0967. The molecule has 0 amide bonds. The van der Waals surface area contributed by atoms with Gasteiger partial charge in [-0.2, -0.15) is 11.8 Å². The number of aromatic nitrogens is 3. The van der Waals surface area contributed by atoms with Gasteiger partial charge in [0.2, 0.25) is 16.7 Å². The number of aliphatic carboxylic acids is 1. The second-order valence-corrected chi connectivity index (χ2v) is 12.5. The Bertz CT molecular complexity index is 1470. The molecule has 3 aromatic heterocycles. The maximum atomic E-state index is 14.6. The number of furan rings is 1. The molecule has 0 saturated carbocycles. The second-order valence-electron chi connectivity index (χ2n) is 9.34. The Kier molecular flexibility index (Phi) is 11.4. The van der Waals surface area contributed by atoms with E-state index in [4.69, 9.17) is 14.5 Å². The molecular formula is C27H31F2N5O4S3. The van der Waals surface area contributed by atoms with Crippen molar-refractivity contribution in [3.8, 4) is 21.8 Å². The lowest BCUT2D eigenvalue weighted by atomic mass is 10.1. The van der Waals surface area contributed by atoms with Crippen LogP contribution in [0.25, 0.3) is 21.8 Å². The predicted octanol–water partition coefficient (Wildman–Crippen LogP) is 6.85. The van der Waals surface area contributed by atoms with Crippen molar-refractivity contribution in [2.75, 3.05) is 28.6 Å². The summed E-state index contributed by atoms with van der Waals surface area (Å²) < 4.78 is 46.8. The van der Waals surface area contributed by atoms with Crippen LogP contribution in [0.15, 0.2) is 58.4 Å². The summed E-state index contributed by atoms with van der Waals surface area (Å²) in [4.78, 5) is 24.4. The highest BCUT2D eigenvalue weighted by Gasteiger charge is 2.25. The molecule has 0 spiro atoms. The van der Waals surface area contributed by atoms with E-state index in [1.54, 1.807) is 53.6 Å². The largest absolute Gasteiger partial charge is 0.479 e. The predicted molar refractivity (Wildman–Crippen MR) is 161 cm³/mol. The SMILES string of the molecule is CC(C)(F)C(=O)O.CSCCNc1nccc(-c2sc(C(C)C)nc2-c2ccc(F)c(NS(=O)c3ccco3)c2)n1. The number of carboxylic acid groups (broad SMARTS) is 1. The number of alkyl halides is 1. The van der Waals surface area contributed by atoms with Crippen LogP contribution in [-0.2, 0) is 15.8 Å². The molecule has 1 aromatic carbocycles. The first-order valence-electron chi connectivity index (χ1n) is 12.4. The van der Waals surface area contributed by atoms with E-state index in [0.29, 0.717) is 17.2 Å². The molecular weight excluding hydrogens is 593 g/mol. The van der Waals surface area contributed by atoms with Crippen LogP contribution >= 0.6 is 23.1 Å². The van der Waals surface area contributed by atoms with Gasteiger partial charge in [0.1, 0.15) is 5.82 Å². The third kappa shape index (κ3) is 9.07. The van der Waals surface area contributed by atoms with Gasteiger partial charge in [-0.1, -0.05) is 13.8 Å². The van der Waals surface area contributed by atoms with E-state index < -0.39 is 28.4 Å². The van der Waals surface area contributed by atoms with Crippen molar-refractivity contribution in [2.24, 2.45) is 0 Å². The summed E-state index contributed by atoms with van der Waals surface area (Å²) in [6, 6.07) is 9.65. The summed E-state index contributed by atoms with van der Waals surface area (Å²) in [6.07, 6.45) is 5.18. The van der Waals surface area contributed by atoms with Gasteiger partial charge in [-0.3, -0.25) is 4.72 Å². The number of hydrogen-bond donors (Lipinski definition) is 3. The minimum atomic E-state index is -2.08. The normalized spacial score (nSPS) is 12.0. The molecule has 4 aromatic rings. The number of nitrogens with zero attached hydrogens (tertiary/aromatic N) is 3. The zero-order chi connectivity index (χ0) is 30.2. The van der Waals surface area contributed by atoms with Crippen LogP contribution in [0.2, 0.25) is 0 Å². The molecule has 0 saturated heterocycles. The Labute approximate surface area is 247 Å². The van der Waals surface area contributed by atoms with Crippen LogP contribution in [0.4, 0.5) is 20.4 Å². The maximum Gasteiger partial charge on any atom is 0.340 e. The van der Waals surface area contributed by atoms with Crippen LogP contribution in [0.5, 0.6) is 0 Å².